The number of aromatic nitrogens is 2. The van der Waals surface area contributed by atoms with Gasteiger partial charge in [-0.2, -0.15) is 0 Å². The minimum atomic E-state index is 0.543. The molecule has 20 heavy (non-hydrogen) atoms. The van der Waals surface area contributed by atoms with Crippen LogP contribution in [0.25, 0.3) is 0 Å². The lowest BCUT2D eigenvalue weighted by molar-refractivity contribution is 0.199. The quantitative estimate of drug-likeness (QED) is 0.895. The molecular formula is C16H28N4. The third-order valence-electron chi connectivity index (χ3n) is 4.90. The Hall–Kier alpha value is -1.32. The summed E-state index contributed by atoms with van der Waals surface area (Å²) in [6.45, 7) is 8.96. The van der Waals surface area contributed by atoms with Crippen LogP contribution >= 0.6 is 0 Å². The Morgan fingerprint density at radius 2 is 1.80 bits per heavy atom. The van der Waals surface area contributed by atoms with Crippen molar-refractivity contribution < 1.29 is 0 Å². The number of hydrogen-bond acceptors (Lipinski definition) is 4. The van der Waals surface area contributed by atoms with E-state index in [0.717, 1.165) is 37.6 Å². The van der Waals surface area contributed by atoms with E-state index in [9.17, 15) is 0 Å². The van der Waals surface area contributed by atoms with Crippen LogP contribution in [0.1, 0.15) is 58.7 Å². The van der Waals surface area contributed by atoms with Crippen molar-refractivity contribution in [1.29, 1.82) is 0 Å². The van der Waals surface area contributed by atoms with Crippen molar-refractivity contribution in [3.63, 3.8) is 0 Å². The first kappa shape index (κ1) is 15.1. The van der Waals surface area contributed by atoms with Gasteiger partial charge < -0.3 is 10.6 Å². The van der Waals surface area contributed by atoms with Crippen LogP contribution in [0.3, 0.4) is 0 Å². The summed E-state index contributed by atoms with van der Waals surface area (Å²) in [7, 11) is 0. The fraction of sp³-hybridized carbons (Fsp3) is 0.750. The molecule has 2 N–H and O–H groups in total. The van der Waals surface area contributed by atoms with Gasteiger partial charge in [0.2, 0.25) is 0 Å². The van der Waals surface area contributed by atoms with Crippen molar-refractivity contribution in [2.45, 2.75) is 59.3 Å². The molecule has 4 heteroatoms. The highest BCUT2D eigenvalue weighted by Gasteiger charge is 2.31. The van der Waals surface area contributed by atoms with Gasteiger partial charge in [-0.15, -0.1) is 0 Å². The number of piperidine rings is 1. The largest absolute Gasteiger partial charge is 0.384 e. The maximum absolute atomic E-state index is 5.92. The van der Waals surface area contributed by atoms with Crippen LogP contribution < -0.4 is 10.6 Å². The standard InChI is InChI=1S/C16H28N4/c1-4-7-14-18-13(17)12-15(19-14)20-10-8-16(5-2,6-3)9-11-20/h12H,4-11H2,1-3H3,(H2,17,18,19). The maximum atomic E-state index is 5.92. The molecule has 0 amide bonds. The summed E-state index contributed by atoms with van der Waals surface area (Å²) < 4.78 is 0. The first-order valence-corrected chi connectivity index (χ1v) is 8.01. The van der Waals surface area contributed by atoms with Crippen LogP contribution in [0.5, 0.6) is 0 Å². The van der Waals surface area contributed by atoms with Crippen molar-refractivity contribution in [3.8, 4) is 0 Å². The van der Waals surface area contributed by atoms with E-state index in [4.69, 9.17) is 5.73 Å². The summed E-state index contributed by atoms with van der Waals surface area (Å²) in [5.41, 5.74) is 6.47. The predicted molar refractivity (Wildman–Crippen MR) is 84.9 cm³/mol. The molecule has 1 aliphatic heterocycles. The summed E-state index contributed by atoms with van der Waals surface area (Å²) >= 11 is 0. The molecule has 0 radical (unpaired) electrons. The fourth-order valence-corrected chi connectivity index (χ4v) is 3.17. The van der Waals surface area contributed by atoms with Gasteiger partial charge >= 0.3 is 0 Å². The lowest BCUT2D eigenvalue weighted by atomic mass is 9.74. The zero-order chi connectivity index (χ0) is 14.6. The van der Waals surface area contributed by atoms with E-state index in [1.807, 2.05) is 6.07 Å². The first-order valence-electron chi connectivity index (χ1n) is 8.01. The van der Waals surface area contributed by atoms with Crippen LogP contribution in [0.2, 0.25) is 0 Å². The molecule has 0 saturated carbocycles. The molecule has 0 bridgehead atoms. The second-order valence-electron chi connectivity index (χ2n) is 6.01. The van der Waals surface area contributed by atoms with Crippen LogP contribution in [-0.4, -0.2) is 23.1 Å². The molecule has 0 aromatic carbocycles. The van der Waals surface area contributed by atoms with Crippen LogP contribution in [0, 0.1) is 5.41 Å². The van der Waals surface area contributed by atoms with Gasteiger partial charge in [0.1, 0.15) is 17.5 Å². The number of hydrogen-bond donors (Lipinski definition) is 1. The van der Waals surface area contributed by atoms with Crippen LogP contribution in [0.15, 0.2) is 6.07 Å². The van der Waals surface area contributed by atoms with Gasteiger partial charge in [-0.05, 0) is 24.7 Å². The summed E-state index contributed by atoms with van der Waals surface area (Å²) in [5.74, 6) is 2.49. The van der Waals surface area contributed by atoms with E-state index in [2.05, 4.69) is 35.6 Å². The van der Waals surface area contributed by atoms with Crippen LogP contribution in [-0.2, 0) is 6.42 Å². The summed E-state index contributed by atoms with van der Waals surface area (Å²) in [5, 5.41) is 0. The molecule has 1 aromatic rings. The van der Waals surface area contributed by atoms with Gasteiger partial charge in [-0.25, -0.2) is 9.97 Å². The van der Waals surface area contributed by atoms with E-state index >= 15 is 0 Å². The van der Waals surface area contributed by atoms with Gasteiger partial charge in [0, 0.05) is 25.6 Å². The van der Waals surface area contributed by atoms with Crippen molar-refractivity contribution in [3.05, 3.63) is 11.9 Å². The highest BCUT2D eigenvalue weighted by molar-refractivity contribution is 5.47. The fourth-order valence-electron chi connectivity index (χ4n) is 3.17. The van der Waals surface area contributed by atoms with E-state index < -0.39 is 0 Å². The molecule has 1 aromatic heterocycles. The number of rotatable bonds is 5. The molecule has 0 aliphatic carbocycles. The second-order valence-corrected chi connectivity index (χ2v) is 6.01. The third-order valence-corrected chi connectivity index (χ3v) is 4.90. The van der Waals surface area contributed by atoms with Gasteiger partial charge in [0.25, 0.3) is 0 Å². The number of nitrogens with zero attached hydrogens (tertiary/aromatic N) is 3. The Bertz CT molecular complexity index is 430. The Labute approximate surface area is 122 Å². The monoisotopic (exact) mass is 276 g/mol. The highest BCUT2D eigenvalue weighted by Crippen LogP contribution is 2.38. The topological polar surface area (TPSA) is 55.0 Å². The molecule has 1 saturated heterocycles. The number of nitrogens with two attached hydrogens (primary N) is 1. The minimum Gasteiger partial charge on any atom is -0.384 e. The number of nitrogen functional groups attached to an aromatic ring is 1. The minimum absolute atomic E-state index is 0.543. The SMILES string of the molecule is CCCc1nc(N)cc(N2CCC(CC)(CC)CC2)n1. The summed E-state index contributed by atoms with van der Waals surface area (Å²) in [6.07, 6.45) is 7.03. The van der Waals surface area contributed by atoms with Crippen molar-refractivity contribution >= 4 is 11.6 Å². The number of anilines is 2. The predicted octanol–water partition coefficient (Wildman–Crippen LogP) is 3.42. The molecule has 2 heterocycles. The van der Waals surface area contributed by atoms with Gasteiger partial charge in [0.15, 0.2) is 0 Å². The van der Waals surface area contributed by atoms with Crippen molar-refractivity contribution in [2.75, 3.05) is 23.7 Å². The van der Waals surface area contributed by atoms with Gasteiger partial charge in [-0.1, -0.05) is 33.6 Å². The van der Waals surface area contributed by atoms with Crippen molar-refractivity contribution in [1.82, 2.24) is 9.97 Å². The van der Waals surface area contributed by atoms with E-state index in [1.54, 1.807) is 0 Å². The molecule has 4 nitrogen and oxygen atoms in total. The highest BCUT2D eigenvalue weighted by atomic mass is 15.2. The molecule has 0 atom stereocenters. The molecule has 112 valence electrons. The average Bonchev–Trinajstić information content (AvgIpc) is 2.47. The third kappa shape index (κ3) is 3.22. The zero-order valence-electron chi connectivity index (χ0n) is 13.2. The summed E-state index contributed by atoms with van der Waals surface area (Å²) in [6, 6.07) is 1.92. The zero-order valence-corrected chi connectivity index (χ0v) is 13.2. The molecule has 0 unspecified atom stereocenters. The maximum Gasteiger partial charge on any atom is 0.134 e. The molecule has 1 fully saturated rings. The molecule has 2 rings (SSSR count). The Balaban J connectivity index is 2.10. The Morgan fingerprint density at radius 1 is 1.15 bits per heavy atom. The summed E-state index contributed by atoms with van der Waals surface area (Å²) in [4.78, 5) is 11.4. The first-order chi connectivity index (χ1) is 9.62. The van der Waals surface area contributed by atoms with E-state index in [-0.39, 0.29) is 0 Å². The Morgan fingerprint density at radius 3 is 2.35 bits per heavy atom. The Kier molecular flexibility index (Phi) is 4.84. The molecule has 1 aliphatic rings. The second kappa shape index (κ2) is 6.42. The number of aryl methyl sites for hydroxylation is 1. The van der Waals surface area contributed by atoms with Gasteiger partial charge in [0.05, 0.1) is 0 Å². The lowest BCUT2D eigenvalue weighted by Gasteiger charge is -2.41. The normalized spacial score (nSPS) is 18.2. The molecular weight excluding hydrogens is 248 g/mol. The van der Waals surface area contributed by atoms with Crippen molar-refractivity contribution in [2.24, 2.45) is 5.41 Å². The lowest BCUT2D eigenvalue weighted by Crippen LogP contribution is -2.40. The van der Waals surface area contributed by atoms with E-state index in [0.29, 0.717) is 11.2 Å². The van der Waals surface area contributed by atoms with Gasteiger partial charge in [-0.3, -0.25) is 0 Å². The van der Waals surface area contributed by atoms with E-state index in [1.165, 1.54) is 25.7 Å². The smallest absolute Gasteiger partial charge is 0.134 e. The van der Waals surface area contributed by atoms with Crippen LogP contribution in [0.4, 0.5) is 11.6 Å². The molecule has 0 spiro atoms. The average molecular weight is 276 g/mol.